The summed E-state index contributed by atoms with van der Waals surface area (Å²) in [5.74, 6) is -0.713. The van der Waals surface area contributed by atoms with Crippen LogP contribution < -0.4 is 11.1 Å². The van der Waals surface area contributed by atoms with Gasteiger partial charge in [-0.1, -0.05) is 36.4 Å². The molecule has 0 saturated carbocycles. The molecule has 1 unspecified atom stereocenters. The highest BCUT2D eigenvalue weighted by atomic mass is 16.4. The number of hydrogen-bond donors (Lipinski definition) is 1. The van der Waals surface area contributed by atoms with E-state index in [0.29, 0.717) is 17.6 Å². The average Bonchev–Trinajstić information content (AvgIpc) is 2.91. The van der Waals surface area contributed by atoms with Gasteiger partial charge >= 0.3 is 5.76 Å². The highest BCUT2D eigenvalue weighted by Crippen LogP contribution is 2.16. The van der Waals surface area contributed by atoms with Gasteiger partial charge in [0.2, 0.25) is 5.91 Å². The van der Waals surface area contributed by atoms with Crippen LogP contribution in [0.3, 0.4) is 0 Å². The summed E-state index contributed by atoms with van der Waals surface area (Å²) < 4.78 is 6.57. The number of amides is 1. The zero-order valence-corrected chi connectivity index (χ0v) is 13.8. The quantitative estimate of drug-likeness (QED) is 0.785. The maximum Gasteiger partial charge on any atom is 0.420 e. The fourth-order valence-electron chi connectivity index (χ4n) is 2.83. The molecule has 0 bridgehead atoms. The van der Waals surface area contributed by atoms with E-state index in [2.05, 4.69) is 24.4 Å². The molecule has 0 radical (unpaired) electrons. The Labute approximate surface area is 139 Å². The Morgan fingerprint density at radius 3 is 2.67 bits per heavy atom. The predicted molar refractivity (Wildman–Crippen MR) is 93.1 cm³/mol. The van der Waals surface area contributed by atoms with Crippen LogP contribution >= 0.6 is 0 Å². The van der Waals surface area contributed by atoms with Gasteiger partial charge in [0.1, 0.15) is 6.04 Å². The molecule has 0 aliphatic heterocycles. The number of aryl methyl sites for hydroxylation is 1. The van der Waals surface area contributed by atoms with E-state index < -0.39 is 11.8 Å². The number of fused-ring (bicyclic) bond motifs is 1. The molecule has 2 aromatic carbocycles. The van der Waals surface area contributed by atoms with Gasteiger partial charge in [-0.05, 0) is 43.5 Å². The smallest absolute Gasteiger partial charge is 0.408 e. The van der Waals surface area contributed by atoms with Gasteiger partial charge in [0.25, 0.3) is 0 Å². The van der Waals surface area contributed by atoms with Crippen molar-refractivity contribution in [3.63, 3.8) is 0 Å². The number of carbonyl (C=O) groups is 1. The third-order valence-electron chi connectivity index (χ3n) is 4.24. The topological polar surface area (TPSA) is 64.2 Å². The second kappa shape index (κ2) is 6.74. The Balaban J connectivity index is 1.69. The molecule has 0 spiro atoms. The minimum Gasteiger partial charge on any atom is -0.408 e. The van der Waals surface area contributed by atoms with Gasteiger partial charge < -0.3 is 9.73 Å². The van der Waals surface area contributed by atoms with Crippen molar-refractivity contribution >= 4 is 17.0 Å². The van der Waals surface area contributed by atoms with Crippen molar-refractivity contribution in [1.82, 2.24) is 9.88 Å². The fourth-order valence-corrected chi connectivity index (χ4v) is 2.83. The van der Waals surface area contributed by atoms with E-state index in [9.17, 15) is 9.59 Å². The summed E-state index contributed by atoms with van der Waals surface area (Å²) in [6.45, 7) is 4.28. The van der Waals surface area contributed by atoms with Crippen molar-refractivity contribution in [3.8, 4) is 0 Å². The zero-order valence-electron chi connectivity index (χ0n) is 13.8. The first-order chi connectivity index (χ1) is 11.6. The molecular weight excluding hydrogens is 304 g/mol. The van der Waals surface area contributed by atoms with Gasteiger partial charge in [-0.25, -0.2) is 4.79 Å². The standard InChI is InChI=1S/C19H20N2O3/c1-13-7-3-4-8-15(13)11-12-20-18(22)14(2)21-16-9-5-6-10-17(16)24-19(21)23/h3-10,14H,11-12H2,1-2H3,(H,20,22). The molecule has 3 aromatic rings. The van der Waals surface area contributed by atoms with E-state index >= 15 is 0 Å². The summed E-state index contributed by atoms with van der Waals surface area (Å²) in [6, 6.07) is 14.6. The largest absolute Gasteiger partial charge is 0.420 e. The molecule has 5 heteroatoms. The third-order valence-corrected chi connectivity index (χ3v) is 4.24. The molecule has 24 heavy (non-hydrogen) atoms. The van der Waals surface area contributed by atoms with Crippen LogP contribution in [0.25, 0.3) is 11.1 Å². The Kier molecular flexibility index (Phi) is 4.51. The van der Waals surface area contributed by atoms with E-state index in [1.165, 1.54) is 15.7 Å². The van der Waals surface area contributed by atoms with Gasteiger partial charge in [-0.3, -0.25) is 9.36 Å². The maximum absolute atomic E-state index is 12.4. The lowest BCUT2D eigenvalue weighted by atomic mass is 10.1. The number of hydrogen-bond acceptors (Lipinski definition) is 3. The van der Waals surface area contributed by atoms with Crippen molar-refractivity contribution in [2.45, 2.75) is 26.3 Å². The summed E-state index contributed by atoms with van der Waals surface area (Å²) in [5, 5.41) is 2.90. The SMILES string of the molecule is Cc1ccccc1CCNC(=O)C(C)n1c(=O)oc2ccccc21. The number of rotatable bonds is 5. The molecule has 1 amide bonds. The molecule has 3 rings (SSSR count). The zero-order chi connectivity index (χ0) is 17.1. The molecule has 1 heterocycles. The highest BCUT2D eigenvalue weighted by Gasteiger charge is 2.20. The predicted octanol–water partition coefficient (Wildman–Crippen LogP) is 2.82. The minimum absolute atomic E-state index is 0.197. The Hall–Kier alpha value is -2.82. The van der Waals surface area contributed by atoms with Crippen LogP contribution in [-0.4, -0.2) is 17.0 Å². The van der Waals surface area contributed by atoms with Crippen LogP contribution in [0.4, 0.5) is 0 Å². The van der Waals surface area contributed by atoms with E-state index in [0.717, 1.165) is 6.42 Å². The highest BCUT2D eigenvalue weighted by molar-refractivity contribution is 5.82. The monoisotopic (exact) mass is 324 g/mol. The van der Waals surface area contributed by atoms with Crippen molar-refractivity contribution in [3.05, 3.63) is 70.2 Å². The van der Waals surface area contributed by atoms with E-state index in [1.807, 2.05) is 18.2 Å². The Morgan fingerprint density at radius 2 is 1.88 bits per heavy atom. The summed E-state index contributed by atoms with van der Waals surface area (Å²) in [5.41, 5.74) is 3.53. The number of nitrogens with one attached hydrogen (secondary N) is 1. The lowest BCUT2D eigenvalue weighted by molar-refractivity contribution is -0.123. The van der Waals surface area contributed by atoms with Crippen LogP contribution in [0, 0.1) is 6.92 Å². The minimum atomic E-state index is -0.627. The van der Waals surface area contributed by atoms with Crippen molar-refractivity contribution < 1.29 is 9.21 Å². The summed E-state index contributed by atoms with van der Waals surface area (Å²) in [4.78, 5) is 24.4. The van der Waals surface area contributed by atoms with E-state index in [-0.39, 0.29) is 5.91 Å². The normalized spacial score (nSPS) is 12.2. The Morgan fingerprint density at radius 1 is 1.17 bits per heavy atom. The lowest BCUT2D eigenvalue weighted by Gasteiger charge is -2.13. The molecule has 0 aliphatic rings. The van der Waals surface area contributed by atoms with Crippen LogP contribution in [0.2, 0.25) is 0 Å². The molecule has 1 aromatic heterocycles. The van der Waals surface area contributed by atoms with Crippen molar-refractivity contribution in [2.24, 2.45) is 0 Å². The number of aromatic nitrogens is 1. The third kappa shape index (κ3) is 3.11. The van der Waals surface area contributed by atoms with E-state index in [4.69, 9.17) is 4.42 Å². The molecule has 5 nitrogen and oxygen atoms in total. The Bertz CT molecular complexity index is 924. The lowest BCUT2D eigenvalue weighted by Crippen LogP contribution is -2.35. The van der Waals surface area contributed by atoms with Crippen LogP contribution in [0.15, 0.2) is 57.7 Å². The number of benzene rings is 2. The number of nitrogens with zero attached hydrogens (tertiary/aromatic N) is 1. The second-order valence-electron chi connectivity index (χ2n) is 5.85. The molecular formula is C19H20N2O3. The maximum atomic E-state index is 12.4. The fraction of sp³-hybridized carbons (Fsp3) is 0.263. The summed E-state index contributed by atoms with van der Waals surface area (Å²) >= 11 is 0. The van der Waals surface area contributed by atoms with Gasteiger partial charge in [0.05, 0.1) is 5.52 Å². The van der Waals surface area contributed by atoms with Crippen LogP contribution in [-0.2, 0) is 11.2 Å². The van der Waals surface area contributed by atoms with Gasteiger partial charge in [-0.2, -0.15) is 0 Å². The van der Waals surface area contributed by atoms with Crippen LogP contribution in [0.1, 0.15) is 24.1 Å². The number of carbonyl (C=O) groups excluding carboxylic acids is 1. The molecule has 1 atom stereocenters. The molecule has 124 valence electrons. The van der Waals surface area contributed by atoms with Crippen molar-refractivity contribution in [2.75, 3.05) is 6.54 Å². The van der Waals surface area contributed by atoms with E-state index in [1.54, 1.807) is 25.1 Å². The molecule has 0 fully saturated rings. The molecule has 0 saturated heterocycles. The summed E-state index contributed by atoms with van der Waals surface area (Å²) in [6.07, 6.45) is 0.756. The van der Waals surface area contributed by atoms with Crippen LogP contribution in [0.5, 0.6) is 0 Å². The average molecular weight is 324 g/mol. The summed E-state index contributed by atoms with van der Waals surface area (Å²) in [7, 11) is 0. The first-order valence-corrected chi connectivity index (χ1v) is 8.00. The first-order valence-electron chi connectivity index (χ1n) is 8.00. The first kappa shape index (κ1) is 16.1. The number of oxazole rings is 1. The van der Waals surface area contributed by atoms with Gasteiger partial charge in [-0.15, -0.1) is 0 Å². The van der Waals surface area contributed by atoms with Gasteiger partial charge in [0.15, 0.2) is 5.58 Å². The number of para-hydroxylation sites is 2. The molecule has 0 aliphatic carbocycles. The van der Waals surface area contributed by atoms with Gasteiger partial charge in [0, 0.05) is 6.54 Å². The van der Waals surface area contributed by atoms with Crippen molar-refractivity contribution in [1.29, 1.82) is 0 Å². The molecule has 1 N–H and O–H groups in total. The second-order valence-corrected chi connectivity index (χ2v) is 5.85.